The van der Waals surface area contributed by atoms with Crippen molar-refractivity contribution in [1.82, 2.24) is 0 Å². The molecule has 0 atom stereocenters. The standard InChI is InChI=1S/C29H32S2.C3H8.C2H6/c1-4-6-7-8-9-10-12-28(30)25-17-16-24-20-27-21-26(29(31-3)11-5-2)18-14-22(27)13-15-23(24)19-25;1-3-2;1-2/h5,9-12,14-21,30H,2,4,6-8,13H2,1,3H3;3H2,1-2H3;1-2H3/b10-9+,28-12-,29-11-;;. The first-order valence-corrected chi connectivity index (χ1v) is 15.1. The third-order valence-electron chi connectivity index (χ3n) is 5.52. The van der Waals surface area contributed by atoms with Crippen molar-refractivity contribution in [3.8, 4) is 0 Å². The summed E-state index contributed by atoms with van der Waals surface area (Å²) in [6, 6.07) is 13.4. The van der Waals surface area contributed by atoms with Crippen molar-refractivity contribution in [2.45, 2.75) is 73.1 Å². The molecular formula is C34H46S2. The molecule has 0 N–H and O–H groups in total. The van der Waals surface area contributed by atoms with Gasteiger partial charge in [0.1, 0.15) is 0 Å². The first kappa shape index (κ1) is 31.9. The monoisotopic (exact) mass is 518 g/mol. The van der Waals surface area contributed by atoms with E-state index in [1.54, 1.807) is 11.8 Å². The number of fused-ring (bicyclic) bond motifs is 2. The zero-order chi connectivity index (χ0) is 26.8. The van der Waals surface area contributed by atoms with E-state index in [4.69, 9.17) is 12.6 Å². The summed E-state index contributed by atoms with van der Waals surface area (Å²) in [6.45, 7) is 14.3. The number of hydrogen-bond donors (Lipinski definition) is 1. The molecule has 0 spiro atoms. The van der Waals surface area contributed by atoms with Crippen LogP contribution < -0.4 is 10.4 Å². The second-order valence-corrected chi connectivity index (χ2v) is 9.79. The number of thiol groups is 1. The van der Waals surface area contributed by atoms with Gasteiger partial charge in [0.05, 0.1) is 0 Å². The summed E-state index contributed by atoms with van der Waals surface area (Å²) in [5.74, 6) is 0. The average molecular weight is 519 g/mol. The van der Waals surface area contributed by atoms with Crippen molar-refractivity contribution in [1.29, 1.82) is 0 Å². The van der Waals surface area contributed by atoms with Crippen LogP contribution in [-0.2, 0) is 6.42 Å². The molecule has 1 aliphatic rings. The van der Waals surface area contributed by atoms with Crippen LogP contribution in [0.2, 0.25) is 0 Å². The smallest absolute Gasteiger partial charge is 0.0142 e. The van der Waals surface area contributed by atoms with Gasteiger partial charge in [0.25, 0.3) is 0 Å². The van der Waals surface area contributed by atoms with Crippen molar-refractivity contribution >= 4 is 46.4 Å². The lowest BCUT2D eigenvalue weighted by Gasteiger charge is -2.08. The molecule has 0 aliphatic heterocycles. The third-order valence-corrected chi connectivity index (χ3v) is 6.74. The van der Waals surface area contributed by atoms with Crippen LogP contribution in [-0.4, -0.2) is 6.26 Å². The van der Waals surface area contributed by atoms with Crippen molar-refractivity contribution in [2.75, 3.05) is 6.26 Å². The summed E-state index contributed by atoms with van der Waals surface area (Å²) in [5, 5.41) is 2.53. The van der Waals surface area contributed by atoms with Gasteiger partial charge in [0.2, 0.25) is 0 Å². The SMILES string of the molecule is C=C/C=C(\SC)c1ccc2c(c1)C=c1ccc(/C(S)=C/C=C/CCCCC)cc1=CC2.CC.CCC. The lowest BCUT2D eigenvalue weighted by Crippen LogP contribution is -2.24. The molecule has 0 radical (unpaired) electrons. The molecule has 0 bridgehead atoms. The number of thioether (sulfide) groups is 1. The molecule has 0 saturated heterocycles. The maximum Gasteiger partial charge on any atom is 0.0142 e. The van der Waals surface area contributed by atoms with Gasteiger partial charge in [-0.25, -0.2) is 0 Å². The van der Waals surface area contributed by atoms with Crippen LogP contribution in [0.5, 0.6) is 0 Å². The Labute approximate surface area is 231 Å². The van der Waals surface area contributed by atoms with Crippen LogP contribution in [0.25, 0.3) is 22.0 Å². The minimum Gasteiger partial charge on any atom is -0.143 e. The highest BCUT2D eigenvalue weighted by molar-refractivity contribution is 8.07. The maximum absolute atomic E-state index is 4.74. The van der Waals surface area contributed by atoms with E-state index in [1.807, 2.05) is 19.9 Å². The lowest BCUT2D eigenvalue weighted by molar-refractivity contribution is 0.729. The van der Waals surface area contributed by atoms with E-state index in [1.165, 1.54) is 57.7 Å². The van der Waals surface area contributed by atoms with Gasteiger partial charge < -0.3 is 0 Å². The number of benzene rings is 2. The van der Waals surface area contributed by atoms with Gasteiger partial charge in [-0.05, 0) is 88.6 Å². The van der Waals surface area contributed by atoms with E-state index in [0.717, 1.165) is 23.3 Å². The molecule has 0 unspecified atom stereocenters. The van der Waals surface area contributed by atoms with Crippen LogP contribution in [0, 0.1) is 0 Å². The van der Waals surface area contributed by atoms with Gasteiger partial charge in [-0.1, -0.05) is 109 Å². The Morgan fingerprint density at radius 3 is 2.36 bits per heavy atom. The maximum atomic E-state index is 4.74. The summed E-state index contributed by atoms with van der Waals surface area (Å²) < 4.78 is 0. The van der Waals surface area contributed by atoms with E-state index in [2.05, 4.69) is 106 Å². The van der Waals surface area contributed by atoms with Gasteiger partial charge in [0, 0.05) is 9.81 Å². The minimum absolute atomic E-state index is 0.936. The second-order valence-electron chi connectivity index (χ2n) is 8.46. The molecule has 194 valence electrons. The molecule has 1 aliphatic carbocycles. The second kappa shape index (κ2) is 19.0. The molecule has 2 aromatic carbocycles. The van der Waals surface area contributed by atoms with Crippen LogP contribution in [0.3, 0.4) is 0 Å². The van der Waals surface area contributed by atoms with Gasteiger partial charge in [0.15, 0.2) is 0 Å². The highest BCUT2D eigenvalue weighted by Gasteiger charge is 2.07. The van der Waals surface area contributed by atoms with Gasteiger partial charge >= 0.3 is 0 Å². The molecule has 0 aromatic heterocycles. The molecule has 0 fully saturated rings. The van der Waals surface area contributed by atoms with Crippen LogP contribution in [0.4, 0.5) is 0 Å². The number of allylic oxidation sites excluding steroid dienone is 5. The van der Waals surface area contributed by atoms with Crippen molar-refractivity contribution in [3.05, 3.63) is 106 Å². The molecule has 0 saturated carbocycles. The average Bonchev–Trinajstić information content (AvgIpc) is 3.09. The zero-order valence-electron chi connectivity index (χ0n) is 23.3. The Hall–Kier alpha value is -2.16. The topological polar surface area (TPSA) is 0 Å². The van der Waals surface area contributed by atoms with E-state index < -0.39 is 0 Å². The molecule has 36 heavy (non-hydrogen) atoms. The van der Waals surface area contributed by atoms with Gasteiger partial charge in [-0.15, -0.1) is 24.4 Å². The molecular weight excluding hydrogens is 473 g/mol. The normalized spacial score (nSPS) is 12.5. The predicted molar refractivity (Wildman–Crippen MR) is 173 cm³/mol. The van der Waals surface area contributed by atoms with Gasteiger partial charge in [-0.2, -0.15) is 0 Å². The van der Waals surface area contributed by atoms with Crippen LogP contribution >= 0.6 is 24.4 Å². The Balaban J connectivity index is 0.00000120. The number of hydrogen-bond acceptors (Lipinski definition) is 2. The summed E-state index contributed by atoms with van der Waals surface area (Å²) in [7, 11) is 0. The number of rotatable bonds is 9. The van der Waals surface area contributed by atoms with Gasteiger partial charge in [-0.3, -0.25) is 0 Å². The molecule has 0 amide bonds. The van der Waals surface area contributed by atoms with E-state index in [0.29, 0.717) is 0 Å². The van der Waals surface area contributed by atoms with E-state index in [9.17, 15) is 0 Å². The summed E-state index contributed by atoms with van der Waals surface area (Å²) in [6.07, 6.45) is 24.3. The predicted octanol–water partition coefficient (Wildman–Crippen LogP) is 9.59. The largest absolute Gasteiger partial charge is 0.143 e. The Kier molecular flexibility index (Phi) is 16.8. The Bertz CT molecular complexity index is 1150. The summed E-state index contributed by atoms with van der Waals surface area (Å²) in [5.41, 5.74) is 5.06. The molecule has 0 heterocycles. The summed E-state index contributed by atoms with van der Waals surface area (Å²) in [4.78, 5) is 2.24. The quantitative estimate of drug-likeness (QED) is 0.196. The fourth-order valence-electron chi connectivity index (χ4n) is 3.75. The molecule has 2 aromatic rings. The molecule has 2 heteroatoms. The highest BCUT2D eigenvalue weighted by Crippen LogP contribution is 2.28. The third kappa shape index (κ3) is 10.4. The number of unbranched alkanes of at least 4 members (excludes halogenated alkanes) is 3. The Morgan fingerprint density at radius 1 is 0.972 bits per heavy atom. The highest BCUT2D eigenvalue weighted by atomic mass is 32.2. The Morgan fingerprint density at radius 2 is 1.69 bits per heavy atom. The fraction of sp³-hybridized carbons (Fsp3) is 0.353. The van der Waals surface area contributed by atoms with E-state index in [-0.39, 0.29) is 0 Å². The zero-order valence-corrected chi connectivity index (χ0v) is 25.0. The minimum atomic E-state index is 0.936. The van der Waals surface area contributed by atoms with Crippen molar-refractivity contribution < 1.29 is 0 Å². The lowest BCUT2D eigenvalue weighted by atomic mass is 10.0. The van der Waals surface area contributed by atoms with E-state index >= 15 is 0 Å². The van der Waals surface area contributed by atoms with Crippen molar-refractivity contribution in [2.24, 2.45) is 0 Å². The first-order chi connectivity index (χ1) is 17.6. The van der Waals surface area contributed by atoms with Crippen LogP contribution in [0.1, 0.15) is 89.0 Å². The van der Waals surface area contributed by atoms with Crippen molar-refractivity contribution in [3.63, 3.8) is 0 Å². The molecule has 3 rings (SSSR count). The molecule has 0 nitrogen and oxygen atoms in total. The first-order valence-electron chi connectivity index (χ1n) is 13.5. The summed E-state index contributed by atoms with van der Waals surface area (Å²) >= 11 is 6.50. The fourth-order valence-corrected chi connectivity index (χ4v) is 4.57. The van der Waals surface area contributed by atoms with Crippen LogP contribution in [0.15, 0.2) is 73.4 Å².